The summed E-state index contributed by atoms with van der Waals surface area (Å²) < 4.78 is 6.09. The second-order valence-electron chi connectivity index (χ2n) is 5.58. The fourth-order valence-corrected chi connectivity index (χ4v) is 2.81. The predicted octanol–water partition coefficient (Wildman–Crippen LogP) is 4.06. The minimum absolute atomic E-state index is 0.0302. The van der Waals surface area contributed by atoms with E-state index in [9.17, 15) is 0 Å². The van der Waals surface area contributed by atoms with Gasteiger partial charge in [0.25, 0.3) is 0 Å². The number of fused-ring (bicyclic) bond motifs is 1. The van der Waals surface area contributed by atoms with Crippen LogP contribution in [0.2, 0.25) is 0 Å². The topological polar surface area (TPSA) is 38.1 Å². The van der Waals surface area contributed by atoms with Gasteiger partial charge >= 0.3 is 0 Å². The van der Waals surface area contributed by atoms with Crippen LogP contribution in [0.15, 0.2) is 40.9 Å². The molecular formula is C18H20N2O. The molecule has 2 heterocycles. The minimum Gasteiger partial charge on any atom is -0.459 e. The van der Waals surface area contributed by atoms with E-state index in [1.165, 1.54) is 11.1 Å². The summed E-state index contributed by atoms with van der Waals surface area (Å²) in [7, 11) is 1.94. The number of nitrogens with one attached hydrogen (secondary N) is 1. The number of furan rings is 1. The van der Waals surface area contributed by atoms with Crippen LogP contribution in [0.3, 0.4) is 0 Å². The van der Waals surface area contributed by atoms with Gasteiger partial charge in [-0.15, -0.1) is 0 Å². The second-order valence-corrected chi connectivity index (χ2v) is 5.58. The largest absolute Gasteiger partial charge is 0.459 e. The number of nitrogens with zero attached hydrogens (tertiary/aromatic N) is 1. The number of para-hydroxylation sites is 1. The van der Waals surface area contributed by atoms with Crippen LogP contribution >= 0.6 is 0 Å². The molecule has 21 heavy (non-hydrogen) atoms. The highest BCUT2D eigenvalue weighted by molar-refractivity contribution is 5.81. The molecule has 0 saturated carbocycles. The zero-order valence-electron chi connectivity index (χ0n) is 12.9. The Labute approximate surface area is 125 Å². The molecule has 0 radical (unpaired) electrons. The molecule has 0 fully saturated rings. The maximum absolute atomic E-state index is 6.09. The zero-order chi connectivity index (χ0) is 15.0. The molecule has 0 aliphatic carbocycles. The van der Waals surface area contributed by atoms with Gasteiger partial charge in [-0.3, -0.25) is 4.98 Å². The maximum Gasteiger partial charge on any atom is 0.137 e. The molecule has 108 valence electrons. The lowest BCUT2D eigenvalue weighted by molar-refractivity contribution is 0.483. The van der Waals surface area contributed by atoms with Crippen LogP contribution in [0.5, 0.6) is 0 Å². The number of hydrogen-bond acceptors (Lipinski definition) is 3. The van der Waals surface area contributed by atoms with Crippen molar-refractivity contribution in [1.82, 2.24) is 10.3 Å². The number of rotatable bonds is 3. The first kappa shape index (κ1) is 13.8. The van der Waals surface area contributed by atoms with Gasteiger partial charge in [0.1, 0.15) is 17.4 Å². The third kappa shape index (κ3) is 2.45. The molecule has 1 aromatic carbocycles. The molecule has 1 unspecified atom stereocenters. The van der Waals surface area contributed by atoms with E-state index in [2.05, 4.69) is 61.4 Å². The minimum atomic E-state index is -0.0302. The number of aromatic nitrogens is 1. The van der Waals surface area contributed by atoms with Crippen LogP contribution in [0.25, 0.3) is 11.0 Å². The van der Waals surface area contributed by atoms with Gasteiger partial charge in [-0.1, -0.05) is 24.3 Å². The lowest BCUT2D eigenvalue weighted by atomic mass is 10.0. The molecule has 1 atom stereocenters. The number of pyridine rings is 1. The fourth-order valence-electron chi connectivity index (χ4n) is 2.81. The van der Waals surface area contributed by atoms with Gasteiger partial charge in [-0.2, -0.15) is 0 Å². The molecule has 0 amide bonds. The Morgan fingerprint density at radius 2 is 1.90 bits per heavy atom. The van der Waals surface area contributed by atoms with E-state index >= 15 is 0 Å². The first-order valence-corrected chi connectivity index (χ1v) is 7.19. The molecule has 3 heteroatoms. The molecular weight excluding hydrogens is 260 g/mol. The highest BCUT2D eigenvalue weighted by atomic mass is 16.3. The summed E-state index contributed by atoms with van der Waals surface area (Å²) in [6.07, 6.45) is 1.90. The van der Waals surface area contributed by atoms with Gasteiger partial charge < -0.3 is 9.73 Å². The van der Waals surface area contributed by atoms with E-state index in [1.807, 2.05) is 13.2 Å². The van der Waals surface area contributed by atoms with Gasteiger partial charge in [0.2, 0.25) is 0 Å². The number of hydrogen-bond donors (Lipinski definition) is 1. The lowest BCUT2D eigenvalue weighted by Crippen LogP contribution is -2.19. The summed E-state index contributed by atoms with van der Waals surface area (Å²) in [6.45, 7) is 6.22. The Balaban J connectivity index is 2.11. The Morgan fingerprint density at radius 1 is 1.10 bits per heavy atom. The van der Waals surface area contributed by atoms with Crippen molar-refractivity contribution in [2.24, 2.45) is 0 Å². The number of benzene rings is 1. The molecule has 1 N–H and O–H groups in total. The van der Waals surface area contributed by atoms with Crippen LogP contribution in [0.1, 0.15) is 34.2 Å². The second kappa shape index (κ2) is 5.34. The third-order valence-electron chi connectivity index (χ3n) is 3.86. The van der Waals surface area contributed by atoms with Gasteiger partial charge in [0, 0.05) is 11.6 Å². The van der Waals surface area contributed by atoms with Crippen LogP contribution in [-0.4, -0.2) is 12.0 Å². The van der Waals surface area contributed by atoms with E-state index in [1.54, 1.807) is 0 Å². The Morgan fingerprint density at radius 3 is 2.57 bits per heavy atom. The highest BCUT2D eigenvalue weighted by Gasteiger charge is 2.20. The highest BCUT2D eigenvalue weighted by Crippen LogP contribution is 2.30. The first-order chi connectivity index (χ1) is 10.1. The van der Waals surface area contributed by atoms with E-state index in [-0.39, 0.29) is 6.04 Å². The lowest BCUT2D eigenvalue weighted by Gasteiger charge is -2.15. The summed E-state index contributed by atoms with van der Waals surface area (Å²) in [6, 6.07) is 10.4. The molecule has 0 aliphatic heterocycles. The van der Waals surface area contributed by atoms with Crippen molar-refractivity contribution >= 4 is 11.0 Å². The molecule has 3 aromatic rings. The summed E-state index contributed by atoms with van der Waals surface area (Å²) in [5.74, 6) is 0.904. The normalized spacial score (nSPS) is 12.8. The SMILES string of the molecule is CNC(c1cc2cccc(C)c2o1)c1ncc(C)cc1C. The van der Waals surface area contributed by atoms with E-state index in [0.717, 1.165) is 28.0 Å². The van der Waals surface area contributed by atoms with Gasteiger partial charge in [-0.05, 0) is 50.6 Å². The van der Waals surface area contributed by atoms with Crippen LogP contribution < -0.4 is 5.32 Å². The molecule has 3 nitrogen and oxygen atoms in total. The predicted molar refractivity (Wildman–Crippen MR) is 85.6 cm³/mol. The summed E-state index contributed by atoms with van der Waals surface area (Å²) >= 11 is 0. The maximum atomic E-state index is 6.09. The quantitative estimate of drug-likeness (QED) is 0.786. The molecule has 0 saturated heterocycles. The fraction of sp³-hybridized carbons (Fsp3) is 0.278. The Kier molecular flexibility index (Phi) is 3.52. The Hall–Kier alpha value is -2.13. The van der Waals surface area contributed by atoms with Gasteiger partial charge in [0.15, 0.2) is 0 Å². The van der Waals surface area contributed by atoms with Crippen molar-refractivity contribution in [2.45, 2.75) is 26.8 Å². The van der Waals surface area contributed by atoms with Crippen LogP contribution in [0, 0.1) is 20.8 Å². The summed E-state index contributed by atoms with van der Waals surface area (Å²) in [4.78, 5) is 4.60. The number of aryl methyl sites for hydroxylation is 3. The van der Waals surface area contributed by atoms with E-state index < -0.39 is 0 Å². The molecule has 2 aromatic heterocycles. The monoisotopic (exact) mass is 280 g/mol. The molecule has 0 aliphatic rings. The van der Waals surface area contributed by atoms with Gasteiger partial charge in [0.05, 0.1) is 5.69 Å². The van der Waals surface area contributed by atoms with E-state index in [0.29, 0.717) is 0 Å². The average Bonchev–Trinajstić information content (AvgIpc) is 2.87. The van der Waals surface area contributed by atoms with Crippen LogP contribution in [-0.2, 0) is 0 Å². The molecule has 3 rings (SSSR count). The van der Waals surface area contributed by atoms with Crippen molar-refractivity contribution < 1.29 is 4.42 Å². The summed E-state index contributed by atoms with van der Waals surface area (Å²) in [5.41, 5.74) is 5.47. The van der Waals surface area contributed by atoms with Gasteiger partial charge in [-0.25, -0.2) is 0 Å². The zero-order valence-corrected chi connectivity index (χ0v) is 12.9. The first-order valence-electron chi connectivity index (χ1n) is 7.19. The van der Waals surface area contributed by atoms with Crippen molar-refractivity contribution in [1.29, 1.82) is 0 Å². The average molecular weight is 280 g/mol. The van der Waals surface area contributed by atoms with Crippen molar-refractivity contribution in [3.8, 4) is 0 Å². The standard InChI is InChI=1S/C18H20N2O/c1-11-8-13(3)16(20-10-11)17(19-4)15-9-14-7-5-6-12(2)18(14)21-15/h5-10,17,19H,1-4H3. The van der Waals surface area contributed by atoms with Crippen LogP contribution in [0.4, 0.5) is 0 Å². The third-order valence-corrected chi connectivity index (χ3v) is 3.86. The van der Waals surface area contributed by atoms with Crippen molar-refractivity contribution in [3.63, 3.8) is 0 Å². The molecule has 0 spiro atoms. The van der Waals surface area contributed by atoms with E-state index in [4.69, 9.17) is 4.42 Å². The summed E-state index contributed by atoms with van der Waals surface area (Å²) in [5, 5.41) is 4.45. The smallest absolute Gasteiger partial charge is 0.137 e. The van der Waals surface area contributed by atoms with Crippen molar-refractivity contribution in [3.05, 3.63) is 64.7 Å². The Bertz CT molecular complexity index is 789. The van der Waals surface area contributed by atoms with Crippen molar-refractivity contribution in [2.75, 3.05) is 7.05 Å². The molecule has 0 bridgehead atoms.